The summed E-state index contributed by atoms with van der Waals surface area (Å²) in [4.78, 5) is 7.38. The van der Waals surface area contributed by atoms with Gasteiger partial charge in [0, 0.05) is 7.05 Å². The number of aromatic nitrogens is 2. The fraction of sp³-hybridized carbons (Fsp3) is 0.200. The SMILES string of the molecule is CNc1c(Cl)nc(N)nc1Cl. The lowest BCUT2D eigenvalue weighted by Crippen LogP contribution is -2.00. The second kappa shape index (κ2) is 3.11. The molecule has 0 aliphatic heterocycles. The van der Waals surface area contributed by atoms with Crippen molar-refractivity contribution in [2.24, 2.45) is 0 Å². The molecule has 0 spiro atoms. The molecule has 0 radical (unpaired) electrons. The van der Waals surface area contributed by atoms with Crippen molar-refractivity contribution < 1.29 is 0 Å². The molecule has 0 amide bonds. The van der Waals surface area contributed by atoms with Crippen LogP contribution in [0.4, 0.5) is 11.6 Å². The summed E-state index contributed by atoms with van der Waals surface area (Å²) in [5.74, 6) is 0.0685. The maximum Gasteiger partial charge on any atom is 0.223 e. The van der Waals surface area contributed by atoms with E-state index in [1.54, 1.807) is 7.05 Å². The van der Waals surface area contributed by atoms with E-state index in [9.17, 15) is 0 Å². The van der Waals surface area contributed by atoms with Crippen LogP contribution in [0.15, 0.2) is 0 Å². The summed E-state index contributed by atoms with van der Waals surface area (Å²) in [6, 6.07) is 0. The number of hydrogen-bond acceptors (Lipinski definition) is 4. The average molecular weight is 193 g/mol. The minimum absolute atomic E-state index is 0.0685. The molecule has 3 N–H and O–H groups in total. The van der Waals surface area contributed by atoms with Crippen molar-refractivity contribution in [3.63, 3.8) is 0 Å². The summed E-state index contributed by atoms with van der Waals surface area (Å²) in [6.07, 6.45) is 0. The number of anilines is 2. The molecule has 1 rings (SSSR count). The van der Waals surface area contributed by atoms with E-state index < -0.39 is 0 Å². The Balaban J connectivity index is 3.25. The van der Waals surface area contributed by atoms with Gasteiger partial charge in [-0.2, -0.15) is 9.97 Å². The monoisotopic (exact) mass is 192 g/mol. The van der Waals surface area contributed by atoms with Gasteiger partial charge in [-0.05, 0) is 0 Å². The van der Waals surface area contributed by atoms with Crippen LogP contribution >= 0.6 is 23.2 Å². The minimum atomic E-state index is 0.0685. The number of rotatable bonds is 1. The van der Waals surface area contributed by atoms with E-state index in [0.29, 0.717) is 5.69 Å². The first-order valence-electron chi connectivity index (χ1n) is 2.81. The largest absolute Gasteiger partial charge is 0.383 e. The molecule has 1 aromatic heterocycles. The molecule has 0 aliphatic carbocycles. The van der Waals surface area contributed by atoms with Crippen molar-refractivity contribution in [1.82, 2.24) is 9.97 Å². The first-order chi connectivity index (χ1) is 5.15. The van der Waals surface area contributed by atoms with Crippen LogP contribution in [0, 0.1) is 0 Å². The molecule has 60 valence electrons. The fourth-order valence-electron chi connectivity index (χ4n) is 0.629. The third-order valence-electron chi connectivity index (χ3n) is 1.09. The number of hydrogen-bond donors (Lipinski definition) is 2. The van der Waals surface area contributed by atoms with Crippen LogP contribution in [0.2, 0.25) is 10.3 Å². The molecule has 4 nitrogen and oxygen atoms in total. The number of nitrogens with two attached hydrogens (primary N) is 1. The van der Waals surface area contributed by atoms with Gasteiger partial charge in [0.25, 0.3) is 0 Å². The lowest BCUT2D eigenvalue weighted by Gasteiger charge is -2.03. The Morgan fingerprint density at radius 3 is 2.09 bits per heavy atom. The smallest absolute Gasteiger partial charge is 0.223 e. The van der Waals surface area contributed by atoms with Gasteiger partial charge in [0.1, 0.15) is 5.69 Å². The molecule has 0 fully saturated rings. The molecule has 0 aromatic carbocycles. The van der Waals surface area contributed by atoms with Crippen LogP contribution in [-0.4, -0.2) is 17.0 Å². The van der Waals surface area contributed by atoms with E-state index in [2.05, 4.69) is 15.3 Å². The Hall–Kier alpha value is -0.740. The zero-order valence-corrected chi connectivity index (χ0v) is 7.24. The number of nitrogens with zero attached hydrogens (tertiary/aromatic N) is 2. The highest BCUT2D eigenvalue weighted by Crippen LogP contribution is 2.26. The van der Waals surface area contributed by atoms with Crippen LogP contribution in [-0.2, 0) is 0 Å². The van der Waals surface area contributed by atoms with Crippen LogP contribution in [0.5, 0.6) is 0 Å². The summed E-state index contributed by atoms with van der Waals surface area (Å²) in [5, 5.41) is 3.20. The third kappa shape index (κ3) is 1.64. The summed E-state index contributed by atoms with van der Waals surface area (Å²) in [6.45, 7) is 0. The lowest BCUT2D eigenvalue weighted by molar-refractivity contribution is 1.18. The van der Waals surface area contributed by atoms with Gasteiger partial charge in [0.05, 0.1) is 0 Å². The highest BCUT2D eigenvalue weighted by molar-refractivity contribution is 6.37. The van der Waals surface area contributed by atoms with Crippen molar-refractivity contribution in [2.45, 2.75) is 0 Å². The summed E-state index contributed by atoms with van der Waals surface area (Å²) >= 11 is 11.3. The lowest BCUT2D eigenvalue weighted by atomic mass is 10.5. The topological polar surface area (TPSA) is 63.8 Å². The van der Waals surface area contributed by atoms with E-state index in [1.165, 1.54) is 0 Å². The average Bonchev–Trinajstić information content (AvgIpc) is 1.85. The normalized spacial score (nSPS) is 9.73. The molecule has 0 aliphatic rings. The summed E-state index contributed by atoms with van der Waals surface area (Å²) in [5.41, 5.74) is 5.75. The van der Waals surface area contributed by atoms with Gasteiger partial charge in [-0.3, -0.25) is 0 Å². The van der Waals surface area contributed by atoms with Gasteiger partial charge < -0.3 is 11.1 Å². The second-order valence-electron chi connectivity index (χ2n) is 1.79. The molecular formula is C5H6Cl2N4. The quantitative estimate of drug-likeness (QED) is 0.661. The first-order valence-corrected chi connectivity index (χ1v) is 3.57. The Kier molecular flexibility index (Phi) is 2.36. The highest BCUT2D eigenvalue weighted by Gasteiger charge is 2.07. The number of nitrogen functional groups attached to an aromatic ring is 1. The molecule has 0 atom stereocenters. The molecule has 0 unspecified atom stereocenters. The van der Waals surface area contributed by atoms with E-state index in [-0.39, 0.29) is 16.3 Å². The molecule has 0 bridgehead atoms. The molecule has 1 aromatic rings. The fourth-order valence-corrected chi connectivity index (χ4v) is 1.22. The summed E-state index contributed by atoms with van der Waals surface area (Å²) in [7, 11) is 1.67. The third-order valence-corrected chi connectivity index (χ3v) is 1.64. The Morgan fingerprint density at radius 1 is 1.27 bits per heavy atom. The summed E-state index contributed by atoms with van der Waals surface area (Å²) < 4.78 is 0. The Labute approximate surface area is 73.7 Å². The van der Waals surface area contributed by atoms with Crippen LogP contribution < -0.4 is 11.1 Å². The second-order valence-corrected chi connectivity index (χ2v) is 2.50. The molecule has 0 saturated heterocycles. The zero-order chi connectivity index (χ0) is 8.43. The van der Waals surface area contributed by atoms with Crippen molar-refractivity contribution >= 4 is 34.8 Å². The van der Waals surface area contributed by atoms with Crippen molar-refractivity contribution in [3.8, 4) is 0 Å². The maximum absolute atomic E-state index is 5.66. The van der Waals surface area contributed by atoms with E-state index >= 15 is 0 Å². The van der Waals surface area contributed by atoms with E-state index in [0.717, 1.165) is 0 Å². The Morgan fingerprint density at radius 2 is 1.73 bits per heavy atom. The van der Waals surface area contributed by atoms with Crippen LogP contribution in [0.25, 0.3) is 0 Å². The van der Waals surface area contributed by atoms with Gasteiger partial charge in [0.15, 0.2) is 10.3 Å². The highest BCUT2D eigenvalue weighted by atomic mass is 35.5. The number of halogens is 2. The van der Waals surface area contributed by atoms with Crippen molar-refractivity contribution in [3.05, 3.63) is 10.3 Å². The van der Waals surface area contributed by atoms with Gasteiger partial charge >= 0.3 is 0 Å². The molecule has 6 heteroatoms. The van der Waals surface area contributed by atoms with Crippen LogP contribution in [0.3, 0.4) is 0 Å². The molecule has 0 saturated carbocycles. The standard InChI is InChI=1S/C5H6Cl2N4/c1-9-2-3(6)10-5(8)11-4(2)7/h9H,1H3,(H2,8,10,11). The molecule has 1 heterocycles. The van der Waals surface area contributed by atoms with E-state index in [1.807, 2.05) is 0 Å². The van der Waals surface area contributed by atoms with Crippen molar-refractivity contribution in [2.75, 3.05) is 18.1 Å². The first kappa shape index (κ1) is 8.36. The molecule has 11 heavy (non-hydrogen) atoms. The van der Waals surface area contributed by atoms with Gasteiger partial charge in [-0.15, -0.1) is 0 Å². The predicted molar refractivity (Wildman–Crippen MR) is 46.0 cm³/mol. The van der Waals surface area contributed by atoms with Gasteiger partial charge in [-0.1, -0.05) is 23.2 Å². The van der Waals surface area contributed by atoms with Crippen molar-refractivity contribution in [1.29, 1.82) is 0 Å². The molecular weight excluding hydrogens is 187 g/mol. The van der Waals surface area contributed by atoms with E-state index in [4.69, 9.17) is 28.9 Å². The minimum Gasteiger partial charge on any atom is -0.383 e. The van der Waals surface area contributed by atoms with Gasteiger partial charge in [-0.25, -0.2) is 0 Å². The predicted octanol–water partition coefficient (Wildman–Crippen LogP) is 1.41. The van der Waals surface area contributed by atoms with Crippen LogP contribution in [0.1, 0.15) is 0 Å². The maximum atomic E-state index is 5.66. The Bertz CT molecular complexity index is 252. The zero-order valence-electron chi connectivity index (χ0n) is 5.73. The van der Waals surface area contributed by atoms with Gasteiger partial charge in [0.2, 0.25) is 5.95 Å². The number of nitrogens with one attached hydrogen (secondary N) is 1.